The SMILES string of the molecule is CCCC(O)(CCC)[C@H](Cc1ccccc1)NC(=O)O. The van der Waals surface area contributed by atoms with Crippen LogP contribution in [0.25, 0.3) is 0 Å². The maximum atomic E-state index is 11.0. The quantitative estimate of drug-likeness (QED) is 0.684. The summed E-state index contributed by atoms with van der Waals surface area (Å²) in [4.78, 5) is 11.0. The van der Waals surface area contributed by atoms with Crippen LogP contribution in [0.1, 0.15) is 45.1 Å². The molecule has 0 fully saturated rings. The van der Waals surface area contributed by atoms with Crippen molar-refractivity contribution in [1.82, 2.24) is 5.32 Å². The molecule has 0 aliphatic rings. The Morgan fingerprint density at radius 2 is 1.75 bits per heavy atom. The van der Waals surface area contributed by atoms with E-state index in [4.69, 9.17) is 5.11 Å². The largest absolute Gasteiger partial charge is 0.465 e. The van der Waals surface area contributed by atoms with Crippen LogP contribution in [0.2, 0.25) is 0 Å². The molecule has 3 N–H and O–H groups in total. The Balaban J connectivity index is 2.93. The number of hydrogen-bond acceptors (Lipinski definition) is 2. The fourth-order valence-electron chi connectivity index (χ4n) is 2.71. The summed E-state index contributed by atoms with van der Waals surface area (Å²) in [6, 6.07) is 9.19. The van der Waals surface area contributed by atoms with Crippen LogP contribution in [0, 0.1) is 0 Å². The molecule has 0 aromatic heterocycles. The first-order chi connectivity index (χ1) is 9.51. The molecule has 0 aliphatic carbocycles. The lowest BCUT2D eigenvalue weighted by molar-refractivity contribution is -0.0141. The molecular weight excluding hydrogens is 254 g/mol. The lowest BCUT2D eigenvalue weighted by Gasteiger charge is -2.36. The molecule has 4 nitrogen and oxygen atoms in total. The Hall–Kier alpha value is -1.55. The van der Waals surface area contributed by atoms with E-state index in [0.29, 0.717) is 19.3 Å². The fraction of sp³-hybridized carbons (Fsp3) is 0.562. The van der Waals surface area contributed by atoms with Gasteiger partial charge in [-0.2, -0.15) is 0 Å². The van der Waals surface area contributed by atoms with Gasteiger partial charge < -0.3 is 15.5 Å². The molecule has 0 aliphatic heterocycles. The molecule has 112 valence electrons. The summed E-state index contributed by atoms with van der Waals surface area (Å²) in [6.45, 7) is 4.00. The lowest BCUT2D eigenvalue weighted by Crippen LogP contribution is -2.53. The van der Waals surface area contributed by atoms with E-state index in [1.807, 2.05) is 44.2 Å². The molecule has 1 aromatic carbocycles. The number of carboxylic acid groups (broad SMARTS) is 1. The van der Waals surface area contributed by atoms with Crippen LogP contribution < -0.4 is 5.32 Å². The molecule has 0 saturated heterocycles. The summed E-state index contributed by atoms with van der Waals surface area (Å²) in [5, 5.41) is 22.4. The van der Waals surface area contributed by atoms with Gasteiger partial charge in [0.05, 0.1) is 11.6 Å². The maximum absolute atomic E-state index is 11.0. The van der Waals surface area contributed by atoms with Crippen molar-refractivity contribution in [3.05, 3.63) is 35.9 Å². The molecule has 1 atom stereocenters. The molecule has 1 rings (SSSR count). The zero-order valence-electron chi connectivity index (χ0n) is 12.3. The van der Waals surface area contributed by atoms with Crippen molar-refractivity contribution in [2.45, 2.75) is 57.6 Å². The number of rotatable bonds is 8. The van der Waals surface area contributed by atoms with Crippen LogP contribution in [-0.4, -0.2) is 27.9 Å². The van der Waals surface area contributed by atoms with Crippen LogP contribution in [0.4, 0.5) is 4.79 Å². The third kappa shape index (κ3) is 4.85. The lowest BCUT2D eigenvalue weighted by atomic mass is 9.82. The van der Waals surface area contributed by atoms with Gasteiger partial charge in [-0.15, -0.1) is 0 Å². The van der Waals surface area contributed by atoms with Crippen LogP contribution in [0.5, 0.6) is 0 Å². The first-order valence-electron chi connectivity index (χ1n) is 7.27. The van der Waals surface area contributed by atoms with Crippen molar-refractivity contribution in [1.29, 1.82) is 0 Å². The second kappa shape index (κ2) is 7.90. The highest BCUT2D eigenvalue weighted by atomic mass is 16.4. The van der Waals surface area contributed by atoms with Gasteiger partial charge in [-0.05, 0) is 24.8 Å². The number of benzene rings is 1. The third-order valence-electron chi connectivity index (χ3n) is 3.59. The van der Waals surface area contributed by atoms with E-state index in [-0.39, 0.29) is 0 Å². The second-order valence-corrected chi connectivity index (χ2v) is 5.30. The molecule has 20 heavy (non-hydrogen) atoms. The number of hydrogen-bond donors (Lipinski definition) is 3. The molecule has 1 aromatic rings. The number of nitrogens with one attached hydrogen (secondary N) is 1. The molecule has 1 amide bonds. The standard InChI is InChI=1S/C16H25NO3/c1-3-10-16(20,11-4-2)14(17-15(18)19)12-13-8-6-5-7-9-13/h5-9,14,17,20H,3-4,10-12H2,1-2H3,(H,18,19)/t14-/m0/s1. The van der Waals surface area contributed by atoms with Gasteiger partial charge in [0.1, 0.15) is 0 Å². The molecule has 0 heterocycles. The predicted octanol–water partition coefficient (Wildman–Crippen LogP) is 3.20. The topological polar surface area (TPSA) is 69.6 Å². The van der Waals surface area contributed by atoms with E-state index in [9.17, 15) is 9.90 Å². The van der Waals surface area contributed by atoms with E-state index < -0.39 is 17.7 Å². The first kappa shape index (κ1) is 16.5. The van der Waals surface area contributed by atoms with E-state index in [2.05, 4.69) is 5.32 Å². The Labute approximate surface area is 120 Å². The van der Waals surface area contributed by atoms with Crippen molar-refractivity contribution in [2.24, 2.45) is 0 Å². The Kier molecular flexibility index (Phi) is 6.52. The van der Waals surface area contributed by atoms with Crippen LogP contribution in [-0.2, 0) is 6.42 Å². The summed E-state index contributed by atoms with van der Waals surface area (Å²) < 4.78 is 0. The highest BCUT2D eigenvalue weighted by molar-refractivity contribution is 5.65. The monoisotopic (exact) mass is 279 g/mol. The van der Waals surface area contributed by atoms with Crippen molar-refractivity contribution in [3.8, 4) is 0 Å². The van der Waals surface area contributed by atoms with Gasteiger partial charge in [-0.3, -0.25) is 0 Å². The molecule has 0 spiro atoms. The van der Waals surface area contributed by atoms with E-state index >= 15 is 0 Å². The summed E-state index contributed by atoms with van der Waals surface area (Å²) in [5.74, 6) is 0. The van der Waals surface area contributed by atoms with Gasteiger partial charge >= 0.3 is 6.09 Å². The second-order valence-electron chi connectivity index (χ2n) is 5.30. The van der Waals surface area contributed by atoms with Gasteiger partial charge in [0.2, 0.25) is 0 Å². The Bertz CT molecular complexity index is 399. The van der Waals surface area contributed by atoms with Crippen molar-refractivity contribution in [2.75, 3.05) is 0 Å². The molecule has 0 unspecified atom stereocenters. The van der Waals surface area contributed by atoms with Crippen LogP contribution in [0.15, 0.2) is 30.3 Å². The zero-order valence-corrected chi connectivity index (χ0v) is 12.3. The smallest absolute Gasteiger partial charge is 0.404 e. The van der Waals surface area contributed by atoms with Gasteiger partial charge in [0.15, 0.2) is 0 Å². The average Bonchev–Trinajstić information content (AvgIpc) is 2.39. The van der Waals surface area contributed by atoms with Crippen LogP contribution in [0.3, 0.4) is 0 Å². The normalized spacial score (nSPS) is 12.9. The van der Waals surface area contributed by atoms with Crippen molar-refractivity contribution in [3.63, 3.8) is 0 Å². The van der Waals surface area contributed by atoms with E-state index in [1.165, 1.54) is 0 Å². The van der Waals surface area contributed by atoms with Gasteiger partial charge in [0.25, 0.3) is 0 Å². The van der Waals surface area contributed by atoms with Gasteiger partial charge in [0, 0.05) is 0 Å². The van der Waals surface area contributed by atoms with Crippen molar-refractivity contribution >= 4 is 6.09 Å². The molecule has 0 radical (unpaired) electrons. The zero-order chi connectivity index (χ0) is 15.0. The van der Waals surface area contributed by atoms with E-state index in [1.54, 1.807) is 0 Å². The van der Waals surface area contributed by atoms with Crippen LogP contribution >= 0.6 is 0 Å². The third-order valence-corrected chi connectivity index (χ3v) is 3.59. The average molecular weight is 279 g/mol. The number of carbonyl (C=O) groups is 1. The minimum absolute atomic E-state index is 0.484. The predicted molar refractivity (Wildman–Crippen MR) is 79.9 cm³/mol. The Morgan fingerprint density at radius 1 is 1.20 bits per heavy atom. The van der Waals surface area contributed by atoms with Gasteiger partial charge in [-0.1, -0.05) is 57.0 Å². The summed E-state index contributed by atoms with van der Waals surface area (Å²) in [5.41, 5.74) is 0.0365. The molecular formula is C16H25NO3. The fourth-order valence-corrected chi connectivity index (χ4v) is 2.71. The highest BCUT2D eigenvalue weighted by Gasteiger charge is 2.36. The first-order valence-corrected chi connectivity index (χ1v) is 7.27. The van der Waals surface area contributed by atoms with E-state index in [0.717, 1.165) is 18.4 Å². The van der Waals surface area contributed by atoms with Gasteiger partial charge in [-0.25, -0.2) is 4.79 Å². The minimum Gasteiger partial charge on any atom is -0.465 e. The summed E-state index contributed by atoms with van der Waals surface area (Å²) in [7, 11) is 0. The number of aliphatic hydroxyl groups is 1. The van der Waals surface area contributed by atoms with Crippen molar-refractivity contribution < 1.29 is 15.0 Å². The summed E-state index contributed by atoms with van der Waals surface area (Å²) >= 11 is 0. The number of amides is 1. The molecule has 0 bridgehead atoms. The maximum Gasteiger partial charge on any atom is 0.404 e. The highest BCUT2D eigenvalue weighted by Crippen LogP contribution is 2.26. The molecule has 0 saturated carbocycles. The Morgan fingerprint density at radius 3 is 2.20 bits per heavy atom. The summed E-state index contributed by atoms with van der Waals surface area (Å²) in [6.07, 6.45) is 2.25. The minimum atomic E-state index is -1.09. The molecule has 4 heteroatoms.